The summed E-state index contributed by atoms with van der Waals surface area (Å²) in [6.45, 7) is 5.75. The van der Waals surface area contributed by atoms with Gasteiger partial charge in [-0.05, 0) is 61.4 Å². The lowest BCUT2D eigenvalue weighted by molar-refractivity contribution is -0.1000. The molecule has 0 spiro atoms. The highest BCUT2D eigenvalue weighted by molar-refractivity contribution is 5.32. The third-order valence-corrected chi connectivity index (χ3v) is 3.41. The van der Waals surface area contributed by atoms with E-state index in [2.05, 4.69) is 13.8 Å². The third kappa shape index (κ3) is 6.41. The minimum absolute atomic E-state index is 0.626. The molecule has 0 saturated carbocycles. The predicted octanol–water partition coefficient (Wildman–Crippen LogP) is 5.42. The molecule has 2 aromatic rings. The highest BCUT2D eigenvalue weighted by atomic mass is 17.2. The minimum Gasteiger partial charge on any atom is -0.494 e. The first-order chi connectivity index (χ1) is 11.8. The summed E-state index contributed by atoms with van der Waals surface area (Å²) in [5, 5.41) is 0. The first-order valence-electron chi connectivity index (χ1n) is 8.62. The van der Waals surface area contributed by atoms with Crippen LogP contribution < -0.4 is 19.2 Å². The Balaban J connectivity index is 1.76. The summed E-state index contributed by atoms with van der Waals surface area (Å²) in [7, 11) is 0. The Bertz CT molecular complexity index is 510. The smallest absolute Gasteiger partial charge is 0.178 e. The zero-order valence-electron chi connectivity index (χ0n) is 14.5. The molecule has 0 aliphatic carbocycles. The lowest BCUT2D eigenvalue weighted by atomic mass is 10.3. The van der Waals surface area contributed by atoms with Gasteiger partial charge in [0, 0.05) is 0 Å². The molecule has 0 radical (unpaired) electrons. The average Bonchev–Trinajstić information content (AvgIpc) is 2.63. The van der Waals surface area contributed by atoms with E-state index in [0.29, 0.717) is 11.5 Å². The lowest BCUT2D eigenvalue weighted by Gasteiger charge is -2.09. The van der Waals surface area contributed by atoms with E-state index in [0.717, 1.165) is 50.4 Å². The van der Waals surface area contributed by atoms with Gasteiger partial charge in [0.25, 0.3) is 0 Å². The van der Waals surface area contributed by atoms with Crippen LogP contribution in [0.5, 0.6) is 23.0 Å². The molecule has 0 fully saturated rings. The van der Waals surface area contributed by atoms with Gasteiger partial charge in [0.15, 0.2) is 11.5 Å². The van der Waals surface area contributed by atoms with Crippen LogP contribution >= 0.6 is 0 Å². The van der Waals surface area contributed by atoms with Crippen molar-refractivity contribution < 1.29 is 19.2 Å². The molecule has 0 N–H and O–H groups in total. The van der Waals surface area contributed by atoms with Crippen molar-refractivity contribution in [3.8, 4) is 23.0 Å². The molecular formula is C20H26O4. The van der Waals surface area contributed by atoms with Gasteiger partial charge >= 0.3 is 0 Å². The molecule has 0 atom stereocenters. The van der Waals surface area contributed by atoms with Crippen LogP contribution in [0.25, 0.3) is 0 Å². The normalized spacial score (nSPS) is 10.2. The maximum absolute atomic E-state index is 5.61. The van der Waals surface area contributed by atoms with Crippen LogP contribution in [0.3, 0.4) is 0 Å². The molecule has 0 aromatic heterocycles. The molecule has 0 aliphatic heterocycles. The summed E-state index contributed by atoms with van der Waals surface area (Å²) in [5.74, 6) is 2.93. The Labute approximate surface area is 144 Å². The van der Waals surface area contributed by atoms with Crippen LogP contribution in [0.4, 0.5) is 0 Å². The maximum Gasteiger partial charge on any atom is 0.178 e. The zero-order chi connectivity index (χ0) is 17.0. The second-order valence-corrected chi connectivity index (χ2v) is 5.51. The van der Waals surface area contributed by atoms with E-state index in [4.69, 9.17) is 19.2 Å². The largest absolute Gasteiger partial charge is 0.494 e. The van der Waals surface area contributed by atoms with E-state index in [9.17, 15) is 0 Å². The van der Waals surface area contributed by atoms with E-state index in [1.807, 2.05) is 48.5 Å². The highest BCUT2D eigenvalue weighted by Gasteiger charge is 2.01. The van der Waals surface area contributed by atoms with Crippen molar-refractivity contribution in [3.05, 3.63) is 48.5 Å². The summed E-state index contributed by atoms with van der Waals surface area (Å²) < 4.78 is 11.2. The summed E-state index contributed by atoms with van der Waals surface area (Å²) in [4.78, 5) is 10.6. The fourth-order valence-corrected chi connectivity index (χ4v) is 1.95. The molecule has 0 aliphatic rings. The Morgan fingerprint density at radius 2 is 0.875 bits per heavy atom. The van der Waals surface area contributed by atoms with Gasteiger partial charge in [0.1, 0.15) is 11.5 Å². The minimum atomic E-state index is 0.626. The van der Waals surface area contributed by atoms with Crippen molar-refractivity contribution in [3.63, 3.8) is 0 Å². The molecule has 0 saturated heterocycles. The molecule has 4 heteroatoms. The zero-order valence-corrected chi connectivity index (χ0v) is 14.5. The number of unbranched alkanes of at least 4 members (excludes halogenated alkanes) is 2. The molecular weight excluding hydrogens is 304 g/mol. The molecule has 4 nitrogen and oxygen atoms in total. The average molecular weight is 330 g/mol. The monoisotopic (exact) mass is 330 g/mol. The second-order valence-electron chi connectivity index (χ2n) is 5.51. The SMILES string of the molecule is CCCCOc1ccc(OOc2ccc(OCCCC)cc2)cc1. The van der Waals surface area contributed by atoms with Crippen molar-refractivity contribution in [1.29, 1.82) is 0 Å². The van der Waals surface area contributed by atoms with E-state index < -0.39 is 0 Å². The van der Waals surface area contributed by atoms with E-state index >= 15 is 0 Å². The lowest BCUT2D eigenvalue weighted by Crippen LogP contribution is -2.01. The van der Waals surface area contributed by atoms with Crippen LogP contribution in [0.15, 0.2) is 48.5 Å². The number of hydrogen-bond acceptors (Lipinski definition) is 4. The molecule has 0 heterocycles. The standard InChI is InChI=1S/C20H26O4/c1-3-5-15-21-17-7-11-19(12-8-17)23-24-20-13-9-18(10-14-20)22-16-6-4-2/h7-14H,3-6,15-16H2,1-2H3. The van der Waals surface area contributed by atoms with Gasteiger partial charge < -0.3 is 9.47 Å². The second kappa shape index (κ2) is 10.4. The molecule has 0 unspecified atom stereocenters. The summed E-state index contributed by atoms with van der Waals surface area (Å²) in [6.07, 6.45) is 4.36. The first kappa shape index (κ1) is 18.0. The molecule has 0 amide bonds. The van der Waals surface area contributed by atoms with Crippen LogP contribution in [-0.2, 0) is 0 Å². The van der Waals surface area contributed by atoms with Crippen molar-refractivity contribution in [2.24, 2.45) is 0 Å². The van der Waals surface area contributed by atoms with Crippen LogP contribution in [0.1, 0.15) is 39.5 Å². The maximum atomic E-state index is 5.61. The molecule has 2 rings (SSSR count). The van der Waals surface area contributed by atoms with Crippen LogP contribution in [-0.4, -0.2) is 13.2 Å². The number of benzene rings is 2. The van der Waals surface area contributed by atoms with E-state index in [1.54, 1.807) is 0 Å². The Hall–Kier alpha value is -2.36. The Kier molecular flexibility index (Phi) is 7.81. The molecule has 2 aromatic carbocycles. The van der Waals surface area contributed by atoms with Crippen LogP contribution in [0.2, 0.25) is 0 Å². The van der Waals surface area contributed by atoms with Crippen molar-refractivity contribution in [2.75, 3.05) is 13.2 Å². The number of rotatable bonds is 11. The van der Waals surface area contributed by atoms with E-state index in [1.165, 1.54) is 0 Å². The summed E-state index contributed by atoms with van der Waals surface area (Å²) >= 11 is 0. The Morgan fingerprint density at radius 1 is 0.542 bits per heavy atom. The van der Waals surface area contributed by atoms with Crippen molar-refractivity contribution >= 4 is 0 Å². The van der Waals surface area contributed by atoms with Crippen molar-refractivity contribution in [2.45, 2.75) is 39.5 Å². The van der Waals surface area contributed by atoms with Gasteiger partial charge in [-0.1, -0.05) is 26.7 Å². The van der Waals surface area contributed by atoms with Gasteiger partial charge in [0.05, 0.1) is 13.2 Å². The van der Waals surface area contributed by atoms with Gasteiger partial charge in [-0.25, -0.2) is 0 Å². The fourth-order valence-electron chi connectivity index (χ4n) is 1.95. The van der Waals surface area contributed by atoms with Gasteiger partial charge in [-0.2, -0.15) is 0 Å². The van der Waals surface area contributed by atoms with Gasteiger partial charge in [0.2, 0.25) is 0 Å². The van der Waals surface area contributed by atoms with Gasteiger partial charge in [-0.3, -0.25) is 9.78 Å². The molecule has 24 heavy (non-hydrogen) atoms. The predicted molar refractivity (Wildman–Crippen MR) is 94.9 cm³/mol. The van der Waals surface area contributed by atoms with E-state index in [-0.39, 0.29) is 0 Å². The summed E-state index contributed by atoms with van der Waals surface area (Å²) in [6, 6.07) is 14.8. The third-order valence-electron chi connectivity index (χ3n) is 3.41. The van der Waals surface area contributed by atoms with Crippen molar-refractivity contribution in [1.82, 2.24) is 0 Å². The number of hydrogen-bond donors (Lipinski definition) is 0. The quantitative estimate of drug-likeness (QED) is 0.313. The van der Waals surface area contributed by atoms with Gasteiger partial charge in [-0.15, -0.1) is 0 Å². The molecule has 0 bridgehead atoms. The first-order valence-corrected chi connectivity index (χ1v) is 8.62. The number of ether oxygens (including phenoxy) is 2. The fraction of sp³-hybridized carbons (Fsp3) is 0.400. The topological polar surface area (TPSA) is 36.9 Å². The summed E-state index contributed by atoms with van der Waals surface area (Å²) in [5.41, 5.74) is 0. The molecule has 130 valence electrons. The highest BCUT2D eigenvalue weighted by Crippen LogP contribution is 2.21. The van der Waals surface area contributed by atoms with Crippen LogP contribution in [0, 0.1) is 0 Å². The Morgan fingerprint density at radius 3 is 1.21 bits per heavy atom.